The Labute approximate surface area is 162 Å². The third-order valence-corrected chi connectivity index (χ3v) is 6.29. The number of amides is 1. The number of unbranched alkanes of at least 4 members (excludes halogenated alkanes) is 2. The molecule has 1 amide bonds. The van der Waals surface area contributed by atoms with Gasteiger partial charge < -0.3 is 15.1 Å². The van der Waals surface area contributed by atoms with Crippen LogP contribution in [0.5, 0.6) is 0 Å². The monoisotopic (exact) mass is 398 g/mol. The number of nitrogens with zero attached hydrogens (tertiary/aromatic N) is 2. The number of likely N-dealkylation sites (tertiary alicyclic amines) is 1. The predicted octanol–water partition coefficient (Wildman–Crippen LogP) is 3.42. The van der Waals surface area contributed by atoms with E-state index in [0.29, 0.717) is 23.1 Å². The molecule has 2 atom stereocenters. The Hall–Kier alpha value is -1.38. The van der Waals surface area contributed by atoms with E-state index in [2.05, 4.69) is 11.9 Å². The number of rotatable bonds is 11. The van der Waals surface area contributed by atoms with Gasteiger partial charge in [-0.15, -0.1) is 11.3 Å². The topological polar surface area (TPSA) is 90.7 Å². The molecular formula is C18H26N2O4S2. The first kappa shape index (κ1) is 20.9. The van der Waals surface area contributed by atoms with Gasteiger partial charge in [-0.2, -0.15) is 0 Å². The fourth-order valence-corrected chi connectivity index (χ4v) is 4.66. The average Bonchev–Trinajstić information content (AvgIpc) is 3.21. The Morgan fingerprint density at radius 1 is 1.54 bits per heavy atom. The van der Waals surface area contributed by atoms with E-state index in [1.54, 1.807) is 0 Å². The van der Waals surface area contributed by atoms with Crippen LogP contribution >= 0.6 is 23.1 Å². The Morgan fingerprint density at radius 2 is 2.35 bits per heavy atom. The van der Waals surface area contributed by atoms with Gasteiger partial charge in [0.1, 0.15) is 0 Å². The molecule has 0 saturated carbocycles. The van der Waals surface area contributed by atoms with Crippen LogP contribution in [0.1, 0.15) is 55.9 Å². The zero-order chi connectivity index (χ0) is 18.9. The minimum atomic E-state index is -1.02. The molecule has 0 unspecified atom stereocenters. The molecule has 8 heteroatoms. The SMILES string of the molecule is CCCCC[C@H](O)C=C[C@H]1CCC(=O)N1CCSc1nc(C(=O)O)cs1. The first-order chi connectivity index (χ1) is 12.5. The summed E-state index contributed by atoms with van der Waals surface area (Å²) in [6.45, 7) is 2.73. The van der Waals surface area contributed by atoms with Crippen LogP contribution in [0.4, 0.5) is 0 Å². The highest BCUT2D eigenvalue weighted by Gasteiger charge is 2.28. The summed E-state index contributed by atoms with van der Waals surface area (Å²) in [6, 6.07) is 0.0369. The molecule has 144 valence electrons. The number of carbonyl (C=O) groups excluding carboxylic acids is 1. The minimum absolute atomic E-state index is 0.0369. The highest BCUT2D eigenvalue weighted by atomic mass is 32.2. The Morgan fingerprint density at radius 3 is 3.04 bits per heavy atom. The summed E-state index contributed by atoms with van der Waals surface area (Å²) >= 11 is 2.77. The maximum Gasteiger partial charge on any atom is 0.355 e. The number of carbonyl (C=O) groups is 2. The standard InChI is InChI=1S/C18H26N2O4S2/c1-2-3-4-5-14(21)8-6-13-7-9-16(22)20(13)10-11-25-18-19-15(12-26-18)17(23)24/h6,8,12-14,21H,2-5,7,9-11H2,1H3,(H,23,24)/t13-,14-/m0/s1. The number of carboxylic acid groups (broad SMARTS) is 1. The van der Waals surface area contributed by atoms with Crippen molar-refractivity contribution in [2.24, 2.45) is 0 Å². The fraction of sp³-hybridized carbons (Fsp3) is 0.611. The van der Waals surface area contributed by atoms with Crippen molar-refractivity contribution < 1.29 is 19.8 Å². The maximum absolute atomic E-state index is 12.1. The quantitative estimate of drug-likeness (QED) is 0.337. The van der Waals surface area contributed by atoms with Crippen molar-refractivity contribution in [2.45, 2.75) is 61.9 Å². The highest BCUT2D eigenvalue weighted by molar-refractivity contribution is 8.01. The van der Waals surface area contributed by atoms with Crippen molar-refractivity contribution in [3.63, 3.8) is 0 Å². The van der Waals surface area contributed by atoms with Gasteiger partial charge in [-0.05, 0) is 12.8 Å². The van der Waals surface area contributed by atoms with E-state index in [9.17, 15) is 14.7 Å². The molecule has 1 aromatic rings. The molecule has 2 rings (SSSR count). The third-order valence-electron chi connectivity index (χ3n) is 4.29. The number of thiazole rings is 1. The number of hydrogen-bond donors (Lipinski definition) is 2. The number of hydrogen-bond acceptors (Lipinski definition) is 6. The number of carboxylic acids is 1. The van der Waals surface area contributed by atoms with Crippen molar-refractivity contribution >= 4 is 35.0 Å². The van der Waals surface area contributed by atoms with Gasteiger partial charge in [0, 0.05) is 24.1 Å². The van der Waals surface area contributed by atoms with Gasteiger partial charge in [0.05, 0.1) is 12.1 Å². The first-order valence-corrected chi connectivity index (χ1v) is 10.8. The molecule has 0 bridgehead atoms. The van der Waals surface area contributed by atoms with Crippen molar-refractivity contribution in [3.05, 3.63) is 23.2 Å². The fourth-order valence-electron chi connectivity index (χ4n) is 2.86. The molecule has 0 radical (unpaired) electrons. The number of aromatic nitrogens is 1. The van der Waals surface area contributed by atoms with Gasteiger partial charge in [0.15, 0.2) is 10.0 Å². The van der Waals surface area contributed by atoms with E-state index in [1.165, 1.54) is 28.5 Å². The van der Waals surface area contributed by atoms with E-state index in [4.69, 9.17) is 5.11 Å². The van der Waals surface area contributed by atoms with Gasteiger partial charge >= 0.3 is 5.97 Å². The molecule has 2 N–H and O–H groups in total. The lowest BCUT2D eigenvalue weighted by Crippen LogP contribution is -2.33. The molecule has 0 spiro atoms. The van der Waals surface area contributed by atoms with Crippen molar-refractivity contribution in [2.75, 3.05) is 12.3 Å². The van der Waals surface area contributed by atoms with E-state index in [-0.39, 0.29) is 17.6 Å². The lowest BCUT2D eigenvalue weighted by molar-refractivity contribution is -0.128. The van der Waals surface area contributed by atoms with Crippen molar-refractivity contribution in [1.29, 1.82) is 0 Å². The zero-order valence-electron chi connectivity index (χ0n) is 15.0. The number of aliphatic hydroxyl groups excluding tert-OH is 1. The molecule has 1 aliphatic rings. The summed E-state index contributed by atoms with van der Waals surface area (Å²) in [4.78, 5) is 28.8. The van der Waals surface area contributed by atoms with Crippen molar-refractivity contribution in [1.82, 2.24) is 9.88 Å². The van der Waals surface area contributed by atoms with Crippen LogP contribution in [0.15, 0.2) is 21.9 Å². The summed E-state index contributed by atoms with van der Waals surface area (Å²) in [7, 11) is 0. The lowest BCUT2D eigenvalue weighted by Gasteiger charge is -2.22. The molecule has 6 nitrogen and oxygen atoms in total. The number of thioether (sulfide) groups is 1. The normalized spacial score (nSPS) is 18.8. The maximum atomic E-state index is 12.1. The van der Waals surface area contributed by atoms with E-state index < -0.39 is 12.1 Å². The van der Waals surface area contributed by atoms with Gasteiger partial charge in [-0.1, -0.05) is 50.1 Å². The van der Waals surface area contributed by atoms with Crippen LogP contribution in [0.25, 0.3) is 0 Å². The molecule has 1 saturated heterocycles. The van der Waals surface area contributed by atoms with Crippen molar-refractivity contribution in [3.8, 4) is 0 Å². The van der Waals surface area contributed by atoms with Crippen LogP contribution in [0.3, 0.4) is 0 Å². The van der Waals surface area contributed by atoms with Gasteiger partial charge in [0.25, 0.3) is 0 Å². The van der Waals surface area contributed by atoms with Crippen LogP contribution in [-0.2, 0) is 4.79 Å². The molecule has 1 fully saturated rings. The van der Waals surface area contributed by atoms with E-state index in [0.717, 1.165) is 32.1 Å². The second-order valence-corrected chi connectivity index (χ2v) is 8.49. The zero-order valence-corrected chi connectivity index (χ0v) is 16.6. The second-order valence-electron chi connectivity index (χ2n) is 6.29. The molecule has 26 heavy (non-hydrogen) atoms. The Kier molecular flexibility index (Phi) is 8.61. The first-order valence-electron chi connectivity index (χ1n) is 8.98. The highest BCUT2D eigenvalue weighted by Crippen LogP contribution is 2.25. The predicted molar refractivity (Wildman–Crippen MR) is 104 cm³/mol. The van der Waals surface area contributed by atoms with Crippen LogP contribution in [-0.4, -0.2) is 56.4 Å². The number of aliphatic hydroxyl groups is 1. The lowest BCUT2D eigenvalue weighted by atomic mass is 10.1. The van der Waals surface area contributed by atoms with E-state index in [1.807, 2.05) is 17.1 Å². The average molecular weight is 399 g/mol. The van der Waals surface area contributed by atoms with Crippen LogP contribution in [0.2, 0.25) is 0 Å². The molecular weight excluding hydrogens is 372 g/mol. The molecule has 0 aliphatic carbocycles. The second kappa shape index (κ2) is 10.7. The molecule has 1 aliphatic heterocycles. The summed E-state index contributed by atoms with van der Waals surface area (Å²) in [5, 5.41) is 20.4. The number of aromatic carboxylic acids is 1. The van der Waals surface area contributed by atoms with Crippen LogP contribution < -0.4 is 0 Å². The summed E-state index contributed by atoms with van der Waals surface area (Å²) < 4.78 is 0.701. The van der Waals surface area contributed by atoms with Gasteiger partial charge in [-0.25, -0.2) is 9.78 Å². The Bertz CT molecular complexity index is 632. The molecule has 1 aromatic heterocycles. The van der Waals surface area contributed by atoms with Gasteiger partial charge in [-0.3, -0.25) is 4.79 Å². The van der Waals surface area contributed by atoms with Crippen LogP contribution in [0, 0.1) is 0 Å². The van der Waals surface area contributed by atoms with Gasteiger partial charge in [0.2, 0.25) is 5.91 Å². The largest absolute Gasteiger partial charge is 0.476 e. The summed E-state index contributed by atoms with van der Waals surface area (Å²) in [5.74, 6) is -0.224. The third kappa shape index (κ3) is 6.41. The summed E-state index contributed by atoms with van der Waals surface area (Å²) in [6.07, 6.45) is 8.67. The van der Waals surface area contributed by atoms with E-state index >= 15 is 0 Å². The minimum Gasteiger partial charge on any atom is -0.476 e. The molecule has 2 heterocycles. The smallest absolute Gasteiger partial charge is 0.355 e. The Balaban J connectivity index is 1.80. The summed E-state index contributed by atoms with van der Waals surface area (Å²) in [5.41, 5.74) is 0.0626. The molecule has 0 aromatic carbocycles.